The first-order valence-corrected chi connectivity index (χ1v) is 9.67. The van der Waals surface area contributed by atoms with Crippen molar-refractivity contribution in [2.75, 3.05) is 26.2 Å². The van der Waals surface area contributed by atoms with Gasteiger partial charge in [-0.15, -0.1) is 0 Å². The van der Waals surface area contributed by atoms with Crippen LogP contribution in [-0.4, -0.2) is 42.8 Å². The lowest BCUT2D eigenvalue weighted by Gasteiger charge is -2.32. The number of piperidine rings is 1. The number of hydrogen-bond donors (Lipinski definition) is 0. The van der Waals surface area contributed by atoms with Crippen molar-refractivity contribution in [1.29, 1.82) is 0 Å². The van der Waals surface area contributed by atoms with E-state index in [0.717, 1.165) is 42.9 Å². The Kier molecular flexibility index (Phi) is 6.44. The predicted molar refractivity (Wildman–Crippen MR) is 99.3 cm³/mol. The summed E-state index contributed by atoms with van der Waals surface area (Å²) in [6, 6.07) is 8.56. The Bertz CT molecular complexity index is 595. The molecule has 0 amide bonds. The maximum absolute atomic E-state index is 11.9. The van der Waals surface area contributed by atoms with E-state index in [1.54, 1.807) is 0 Å². The highest BCUT2D eigenvalue weighted by Crippen LogP contribution is 2.24. The molecule has 1 aromatic carbocycles. The van der Waals surface area contributed by atoms with Crippen LogP contribution in [0.1, 0.15) is 37.7 Å². The molecule has 0 aromatic heterocycles. The fourth-order valence-electron chi connectivity index (χ4n) is 3.49. The molecule has 0 aliphatic carbocycles. The fraction of sp³-hybridized carbons (Fsp3) is 0.579. The topological polar surface area (TPSA) is 41.9 Å². The average molecular weight is 393 g/mol. The van der Waals surface area contributed by atoms with Crippen molar-refractivity contribution in [2.45, 2.75) is 38.6 Å². The number of benzene rings is 1. The Morgan fingerprint density at radius 1 is 1.33 bits per heavy atom. The summed E-state index contributed by atoms with van der Waals surface area (Å²) in [5.74, 6) is 1.20. The molecule has 1 aromatic rings. The van der Waals surface area contributed by atoms with Crippen LogP contribution in [0.2, 0.25) is 0 Å². The van der Waals surface area contributed by atoms with Gasteiger partial charge < -0.3 is 4.74 Å². The van der Waals surface area contributed by atoms with Crippen molar-refractivity contribution in [3.8, 4) is 0 Å². The minimum Gasteiger partial charge on any atom is -0.473 e. The number of likely N-dealkylation sites (tertiary alicyclic amines) is 1. The first-order valence-electron chi connectivity index (χ1n) is 8.88. The van der Waals surface area contributed by atoms with Crippen LogP contribution < -0.4 is 0 Å². The number of ketones is 1. The molecule has 1 fully saturated rings. The van der Waals surface area contributed by atoms with Crippen LogP contribution in [0, 0.1) is 5.92 Å². The van der Waals surface area contributed by atoms with Crippen molar-refractivity contribution < 1.29 is 9.53 Å². The van der Waals surface area contributed by atoms with E-state index in [1.165, 1.54) is 18.4 Å². The lowest BCUT2D eigenvalue weighted by molar-refractivity contribution is -0.114. The molecule has 24 heavy (non-hydrogen) atoms. The number of nitrogens with zero attached hydrogens (tertiary/aromatic N) is 2. The predicted octanol–water partition coefficient (Wildman–Crippen LogP) is 3.83. The van der Waals surface area contributed by atoms with Crippen molar-refractivity contribution >= 4 is 27.6 Å². The number of ether oxygens (including phenoxy) is 1. The van der Waals surface area contributed by atoms with E-state index >= 15 is 0 Å². The number of Topliss-reactive ketones (excluding diaryl/α,β-unsaturated/α-hetero) is 1. The van der Waals surface area contributed by atoms with Crippen molar-refractivity contribution in [3.05, 3.63) is 34.3 Å². The van der Waals surface area contributed by atoms with Gasteiger partial charge in [0.2, 0.25) is 5.78 Å². The third kappa shape index (κ3) is 5.15. The van der Waals surface area contributed by atoms with Gasteiger partial charge in [0, 0.05) is 17.4 Å². The van der Waals surface area contributed by atoms with Gasteiger partial charge >= 0.3 is 0 Å². The summed E-state index contributed by atoms with van der Waals surface area (Å²) in [7, 11) is 0. The summed E-state index contributed by atoms with van der Waals surface area (Å²) in [5.41, 5.74) is 1.37. The zero-order valence-electron chi connectivity index (χ0n) is 14.0. The van der Waals surface area contributed by atoms with Crippen molar-refractivity contribution in [1.82, 2.24) is 4.90 Å². The van der Waals surface area contributed by atoms with E-state index in [0.29, 0.717) is 25.5 Å². The van der Waals surface area contributed by atoms with Gasteiger partial charge in [0.05, 0.1) is 6.54 Å². The number of aliphatic imine (C=N–C) groups is 1. The largest absolute Gasteiger partial charge is 0.473 e. The third-order valence-electron chi connectivity index (χ3n) is 4.84. The van der Waals surface area contributed by atoms with Crippen LogP contribution in [0.15, 0.2) is 33.7 Å². The van der Waals surface area contributed by atoms with Gasteiger partial charge in [-0.05, 0) is 62.4 Å². The number of hydrogen-bond acceptors (Lipinski definition) is 4. The van der Waals surface area contributed by atoms with Crippen molar-refractivity contribution in [3.63, 3.8) is 0 Å². The quantitative estimate of drug-likeness (QED) is 0.707. The van der Waals surface area contributed by atoms with E-state index in [4.69, 9.17) is 4.74 Å². The molecule has 5 heteroatoms. The Hall–Kier alpha value is -1.20. The molecule has 0 saturated carbocycles. The fourth-order valence-corrected chi connectivity index (χ4v) is 3.94. The smallest absolute Gasteiger partial charge is 0.253 e. The van der Waals surface area contributed by atoms with E-state index in [9.17, 15) is 4.79 Å². The van der Waals surface area contributed by atoms with Crippen LogP contribution in [0.3, 0.4) is 0 Å². The first-order chi connectivity index (χ1) is 11.7. The number of carbonyl (C=O) groups is 1. The molecule has 2 heterocycles. The maximum Gasteiger partial charge on any atom is 0.253 e. The van der Waals surface area contributed by atoms with Gasteiger partial charge in [-0.1, -0.05) is 28.1 Å². The van der Waals surface area contributed by atoms with E-state index in [2.05, 4.69) is 50.1 Å². The molecule has 1 saturated heterocycles. The summed E-state index contributed by atoms with van der Waals surface area (Å²) in [6.45, 7) is 4.54. The SMILES string of the molecule is O=C(CCCC1CCN(Cc2cccc(Br)c2)CC1)C1=NCCO1. The van der Waals surface area contributed by atoms with Gasteiger partial charge in [0.25, 0.3) is 5.90 Å². The second kappa shape index (κ2) is 8.77. The van der Waals surface area contributed by atoms with E-state index in [1.807, 2.05) is 0 Å². The van der Waals surface area contributed by atoms with Crippen LogP contribution in [0.5, 0.6) is 0 Å². The average Bonchev–Trinajstić information content (AvgIpc) is 3.11. The van der Waals surface area contributed by atoms with Crippen LogP contribution in [0.4, 0.5) is 0 Å². The first kappa shape index (κ1) is 17.6. The summed E-state index contributed by atoms with van der Waals surface area (Å²) < 4.78 is 6.38. The summed E-state index contributed by atoms with van der Waals surface area (Å²) in [6.07, 6.45) is 5.15. The van der Waals surface area contributed by atoms with E-state index in [-0.39, 0.29) is 5.78 Å². The van der Waals surface area contributed by atoms with Gasteiger partial charge in [0.15, 0.2) is 0 Å². The molecule has 2 aliphatic rings. The molecule has 0 radical (unpaired) electrons. The molecule has 0 bridgehead atoms. The number of halogens is 1. The van der Waals surface area contributed by atoms with Crippen LogP contribution in [-0.2, 0) is 16.1 Å². The minimum absolute atomic E-state index is 0.0830. The molecule has 0 atom stereocenters. The normalized spacial score (nSPS) is 19.1. The molecule has 3 rings (SSSR count). The number of carbonyl (C=O) groups excluding carboxylic acids is 1. The zero-order valence-corrected chi connectivity index (χ0v) is 15.6. The zero-order chi connectivity index (χ0) is 16.8. The molecule has 130 valence electrons. The lowest BCUT2D eigenvalue weighted by Crippen LogP contribution is -2.33. The molecule has 0 unspecified atom stereocenters. The maximum atomic E-state index is 11.9. The molecular weight excluding hydrogens is 368 g/mol. The standard InChI is InChI=1S/C19H25BrN2O2/c20-17-5-1-4-16(13-17)14-22-10-7-15(8-11-22)3-2-6-18(23)19-21-9-12-24-19/h1,4-5,13,15H,2-3,6-12,14H2. The number of rotatable bonds is 7. The Balaban J connectivity index is 1.34. The molecule has 2 aliphatic heterocycles. The highest BCUT2D eigenvalue weighted by Gasteiger charge is 2.21. The van der Waals surface area contributed by atoms with Gasteiger partial charge in [0.1, 0.15) is 6.61 Å². The van der Waals surface area contributed by atoms with Gasteiger partial charge in [-0.2, -0.15) is 0 Å². The van der Waals surface area contributed by atoms with Crippen LogP contribution in [0.25, 0.3) is 0 Å². The summed E-state index contributed by atoms with van der Waals surface area (Å²) in [4.78, 5) is 18.5. The second-order valence-electron chi connectivity index (χ2n) is 6.70. The Morgan fingerprint density at radius 3 is 2.88 bits per heavy atom. The third-order valence-corrected chi connectivity index (χ3v) is 5.34. The lowest BCUT2D eigenvalue weighted by atomic mass is 9.91. The summed E-state index contributed by atoms with van der Waals surface area (Å²) in [5, 5.41) is 0. The Morgan fingerprint density at radius 2 is 2.17 bits per heavy atom. The molecule has 4 nitrogen and oxygen atoms in total. The summed E-state index contributed by atoms with van der Waals surface area (Å²) >= 11 is 3.54. The molecular formula is C19H25BrN2O2. The molecule has 0 spiro atoms. The monoisotopic (exact) mass is 392 g/mol. The highest BCUT2D eigenvalue weighted by molar-refractivity contribution is 9.10. The second-order valence-corrected chi connectivity index (χ2v) is 7.62. The minimum atomic E-state index is 0.0830. The van der Waals surface area contributed by atoms with Crippen molar-refractivity contribution in [2.24, 2.45) is 10.9 Å². The van der Waals surface area contributed by atoms with E-state index < -0.39 is 0 Å². The highest BCUT2D eigenvalue weighted by atomic mass is 79.9. The molecule has 0 N–H and O–H groups in total. The Labute approximate surface area is 152 Å². The van der Waals surface area contributed by atoms with Gasteiger partial charge in [-0.3, -0.25) is 9.69 Å². The van der Waals surface area contributed by atoms with Gasteiger partial charge in [-0.25, -0.2) is 4.99 Å². The van der Waals surface area contributed by atoms with Crippen LogP contribution >= 0.6 is 15.9 Å².